The fraction of sp³-hybridized carbons (Fsp3) is 0.238. The Kier molecular flexibility index (Phi) is 4.98. The molecule has 3 aromatic rings. The number of halogens is 1. The van der Waals surface area contributed by atoms with Crippen molar-refractivity contribution in [2.45, 2.75) is 0 Å². The number of anilines is 2. The van der Waals surface area contributed by atoms with E-state index in [0.717, 1.165) is 48.5 Å². The number of benzene rings is 2. The zero-order valence-corrected chi connectivity index (χ0v) is 14.9. The number of aromatic nitrogens is 1. The van der Waals surface area contributed by atoms with E-state index in [1.54, 1.807) is 18.3 Å². The van der Waals surface area contributed by atoms with Crippen molar-refractivity contribution in [3.63, 3.8) is 0 Å². The predicted molar refractivity (Wildman–Crippen MR) is 105 cm³/mol. The van der Waals surface area contributed by atoms with Crippen LogP contribution in [0, 0.1) is 5.82 Å². The van der Waals surface area contributed by atoms with Crippen molar-refractivity contribution >= 4 is 28.2 Å². The van der Waals surface area contributed by atoms with Gasteiger partial charge in [-0.3, -0.25) is 14.7 Å². The fourth-order valence-corrected chi connectivity index (χ4v) is 3.42. The highest BCUT2D eigenvalue weighted by atomic mass is 19.1. The molecule has 2 aromatic carbocycles. The average Bonchev–Trinajstić information content (AvgIpc) is 2.69. The first kappa shape index (κ1) is 17.4. The molecule has 0 radical (unpaired) electrons. The van der Waals surface area contributed by atoms with E-state index in [9.17, 15) is 9.18 Å². The van der Waals surface area contributed by atoms with Gasteiger partial charge >= 0.3 is 0 Å². The molecule has 138 valence electrons. The van der Waals surface area contributed by atoms with E-state index in [-0.39, 0.29) is 11.7 Å². The summed E-state index contributed by atoms with van der Waals surface area (Å²) in [4.78, 5) is 21.2. The van der Waals surface area contributed by atoms with Crippen LogP contribution in [0.3, 0.4) is 0 Å². The summed E-state index contributed by atoms with van der Waals surface area (Å²) >= 11 is 0. The topological polar surface area (TPSA) is 48.5 Å². The van der Waals surface area contributed by atoms with Crippen LogP contribution in [-0.4, -0.2) is 48.5 Å². The minimum Gasteiger partial charge on any atom is -0.369 e. The minimum atomic E-state index is -0.224. The van der Waals surface area contributed by atoms with Crippen LogP contribution in [0.2, 0.25) is 0 Å². The second-order valence-electron chi connectivity index (χ2n) is 6.66. The van der Waals surface area contributed by atoms with Gasteiger partial charge in [-0.25, -0.2) is 4.39 Å². The Morgan fingerprint density at radius 2 is 1.78 bits per heavy atom. The number of hydrogen-bond donors (Lipinski definition) is 1. The largest absolute Gasteiger partial charge is 0.369 e. The third kappa shape index (κ3) is 4.06. The number of carbonyl (C=O) groups excluding carboxylic acids is 1. The maximum Gasteiger partial charge on any atom is 0.238 e. The maximum absolute atomic E-state index is 13.1. The Hall–Kier alpha value is -2.99. The Morgan fingerprint density at radius 1 is 1.00 bits per heavy atom. The van der Waals surface area contributed by atoms with Gasteiger partial charge in [-0.15, -0.1) is 0 Å². The molecule has 5 nitrogen and oxygen atoms in total. The molecule has 1 fully saturated rings. The molecule has 1 aliphatic rings. The van der Waals surface area contributed by atoms with E-state index in [0.29, 0.717) is 6.54 Å². The summed E-state index contributed by atoms with van der Waals surface area (Å²) in [6.07, 6.45) is 1.74. The first-order chi connectivity index (χ1) is 13.2. The van der Waals surface area contributed by atoms with Crippen LogP contribution in [0.1, 0.15) is 0 Å². The quantitative estimate of drug-likeness (QED) is 0.773. The molecule has 6 heteroatoms. The summed E-state index contributed by atoms with van der Waals surface area (Å²) in [6, 6.07) is 16.1. The number of pyridine rings is 1. The second kappa shape index (κ2) is 7.72. The van der Waals surface area contributed by atoms with Crippen molar-refractivity contribution in [3.8, 4) is 0 Å². The Labute approximate surface area is 157 Å². The van der Waals surface area contributed by atoms with E-state index >= 15 is 0 Å². The second-order valence-corrected chi connectivity index (χ2v) is 6.66. The lowest BCUT2D eigenvalue weighted by Gasteiger charge is -2.35. The molecule has 0 bridgehead atoms. The molecule has 0 spiro atoms. The van der Waals surface area contributed by atoms with E-state index in [1.165, 1.54) is 12.1 Å². The summed E-state index contributed by atoms with van der Waals surface area (Å²) in [5.74, 6) is -0.251. The van der Waals surface area contributed by atoms with Crippen LogP contribution >= 0.6 is 0 Å². The van der Waals surface area contributed by atoms with Gasteiger partial charge in [0.25, 0.3) is 0 Å². The monoisotopic (exact) mass is 364 g/mol. The van der Waals surface area contributed by atoms with Crippen molar-refractivity contribution in [1.29, 1.82) is 0 Å². The van der Waals surface area contributed by atoms with Gasteiger partial charge in [-0.2, -0.15) is 0 Å². The minimum absolute atomic E-state index is 0.0263. The number of amides is 1. The fourth-order valence-electron chi connectivity index (χ4n) is 3.42. The number of piperazine rings is 1. The molecule has 1 aliphatic heterocycles. The van der Waals surface area contributed by atoms with Crippen molar-refractivity contribution in [3.05, 3.63) is 66.6 Å². The van der Waals surface area contributed by atoms with E-state index in [4.69, 9.17) is 0 Å². The van der Waals surface area contributed by atoms with Gasteiger partial charge in [0.2, 0.25) is 5.91 Å². The molecule has 1 saturated heterocycles. The van der Waals surface area contributed by atoms with Crippen molar-refractivity contribution in [2.24, 2.45) is 0 Å². The lowest BCUT2D eigenvalue weighted by atomic mass is 10.2. The molecule has 1 N–H and O–H groups in total. The van der Waals surface area contributed by atoms with Crippen molar-refractivity contribution in [1.82, 2.24) is 9.88 Å². The number of nitrogens with zero attached hydrogens (tertiary/aromatic N) is 3. The zero-order valence-electron chi connectivity index (χ0n) is 14.9. The zero-order chi connectivity index (χ0) is 18.6. The van der Waals surface area contributed by atoms with Gasteiger partial charge in [-0.1, -0.05) is 6.07 Å². The Morgan fingerprint density at radius 3 is 2.56 bits per heavy atom. The number of nitrogens with one attached hydrogen (secondary N) is 1. The Bertz CT molecular complexity index is 931. The summed E-state index contributed by atoms with van der Waals surface area (Å²) in [6.45, 7) is 3.58. The normalized spacial score (nSPS) is 15.1. The molecule has 0 saturated carbocycles. The summed E-state index contributed by atoms with van der Waals surface area (Å²) in [7, 11) is 0. The first-order valence-corrected chi connectivity index (χ1v) is 9.05. The molecular weight excluding hydrogens is 343 g/mol. The highest BCUT2D eigenvalue weighted by Gasteiger charge is 2.19. The van der Waals surface area contributed by atoms with Crippen LogP contribution in [0.15, 0.2) is 60.8 Å². The van der Waals surface area contributed by atoms with Crippen molar-refractivity contribution in [2.75, 3.05) is 42.9 Å². The first-order valence-electron chi connectivity index (χ1n) is 9.05. The smallest absolute Gasteiger partial charge is 0.238 e. The molecule has 1 amide bonds. The van der Waals surface area contributed by atoms with Crippen molar-refractivity contribution < 1.29 is 9.18 Å². The number of rotatable bonds is 4. The summed E-state index contributed by atoms with van der Waals surface area (Å²) in [5.41, 5.74) is 2.67. The maximum atomic E-state index is 13.1. The van der Waals surface area contributed by atoms with Crippen LogP contribution in [0.25, 0.3) is 10.9 Å². The van der Waals surface area contributed by atoms with E-state index < -0.39 is 0 Å². The molecule has 4 rings (SSSR count). The third-order valence-corrected chi connectivity index (χ3v) is 4.85. The van der Waals surface area contributed by atoms with Gasteiger partial charge < -0.3 is 10.2 Å². The lowest BCUT2D eigenvalue weighted by Crippen LogP contribution is -2.48. The Balaban J connectivity index is 1.33. The molecule has 27 heavy (non-hydrogen) atoms. The standard InChI is InChI=1S/C21H21FN4O/c22-16-6-8-17(9-7-16)26-13-11-25(12-14-26)15-21(27)24-20-5-1-4-19-18(20)3-2-10-23-19/h1-10H,11-15H2,(H,24,27). The van der Waals surface area contributed by atoms with Crippen LogP contribution in [0.5, 0.6) is 0 Å². The van der Waals surface area contributed by atoms with Gasteiger partial charge in [0.1, 0.15) is 5.82 Å². The lowest BCUT2D eigenvalue weighted by molar-refractivity contribution is -0.117. The van der Waals surface area contributed by atoms with Crippen LogP contribution in [-0.2, 0) is 4.79 Å². The van der Waals surface area contributed by atoms with Gasteiger partial charge in [0.05, 0.1) is 17.7 Å². The molecule has 2 heterocycles. The summed E-state index contributed by atoms with van der Waals surface area (Å²) in [5, 5.41) is 3.94. The van der Waals surface area contributed by atoms with Crippen LogP contribution < -0.4 is 10.2 Å². The number of carbonyl (C=O) groups is 1. The van der Waals surface area contributed by atoms with Gasteiger partial charge in [0.15, 0.2) is 0 Å². The SMILES string of the molecule is O=C(CN1CCN(c2ccc(F)cc2)CC1)Nc1cccc2ncccc12. The highest BCUT2D eigenvalue weighted by molar-refractivity contribution is 6.01. The average molecular weight is 364 g/mol. The van der Waals surface area contributed by atoms with Gasteiger partial charge in [0, 0.05) is 43.4 Å². The van der Waals surface area contributed by atoms with Crippen LogP contribution in [0.4, 0.5) is 15.8 Å². The molecule has 1 aromatic heterocycles. The summed E-state index contributed by atoms with van der Waals surface area (Å²) < 4.78 is 13.1. The van der Waals surface area contributed by atoms with Gasteiger partial charge in [-0.05, 0) is 48.5 Å². The molecule has 0 unspecified atom stereocenters. The number of hydrogen-bond acceptors (Lipinski definition) is 4. The predicted octanol–water partition coefficient (Wildman–Crippen LogP) is 3.13. The van der Waals surface area contributed by atoms with E-state index in [2.05, 4.69) is 20.1 Å². The molecule has 0 aliphatic carbocycles. The molecular formula is C21H21FN4O. The molecule has 0 atom stereocenters. The third-order valence-electron chi connectivity index (χ3n) is 4.85. The van der Waals surface area contributed by atoms with E-state index in [1.807, 2.05) is 30.3 Å². The number of fused-ring (bicyclic) bond motifs is 1. The highest BCUT2D eigenvalue weighted by Crippen LogP contribution is 2.21.